The normalized spacial score (nSPS) is 12.6. The molecule has 2 aromatic heterocycles. The summed E-state index contributed by atoms with van der Waals surface area (Å²) >= 11 is 0. The maximum Gasteiger partial charge on any atom is 0.255 e. The van der Waals surface area contributed by atoms with Crippen LogP contribution in [0, 0.1) is 13.8 Å². The molecule has 2 rings (SSSR count). The van der Waals surface area contributed by atoms with Crippen molar-refractivity contribution in [2.24, 2.45) is 7.05 Å². The van der Waals surface area contributed by atoms with Gasteiger partial charge < -0.3 is 10.3 Å². The van der Waals surface area contributed by atoms with Crippen molar-refractivity contribution < 1.29 is 0 Å². The molecule has 2 aromatic rings. The van der Waals surface area contributed by atoms with Crippen LogP contribution < -0.4 is 10.9 Å². The fourth-order valence-corrected chi connectivity index (χ4v) is 2.36. The van der Waals surface area contributed by atoms with Gasteiger partial charge in [-0.2, -0.15) is 5.10 Å². The summed E-state index contributed by atoms with van der Waals surface area (Å²) in [4.78, 5) is 19.1. The van der Waals surface area contributed by atoms with Crippen LogP contribution in [0.25, 0.3) is 0 Å². The summed E-state index contributed by atoms with van der Waals surface area (Å²) in [5.74, 6) is 0.650. The van der Waals surface area contributed by atoms with Gasteiger partial charge in [-0.25, -0.2) is 4.98 Å². The average molecular weight is 275 g/mol. The molecule has 0 bridgehead atoms. The van der Waals surface area contributed by atoms with E-state index in [2.05, 4.69) is 20.4 Å². The number of aromatic amines is 1. The van der Waals surface area contributed by atoms with Crippen LogP contribution in [-0.2, 0) is 13.5 Å². The van der Waals surface area contributed by atoms with Gasteiger partial charge in [0.15, 0.2) is 0 Å². The van der Waals surface area contributed by atoms with Crippen LogP contribution in [0.15, 0.2) is 17.1 Å². The molecule has 0 amide bonds. The molecule has 1 atom stereocenters. The quantitative estimate of drug-likeness (QED) is 0.854. The Morgan fingerprint density at radius 2 is 2.20 bits per heavy atom. The lowest BCUT2D eigenvalue weighted by Gasteiger charge is -2.15. The molecule has 108 valence electrons. The summed E-state index contributed by atoms with van der Waals surface area (Å²) in [5, 5.41) is 7.67. The fourth-order valence-electron chi connectivity index (χ4n) is 2.36. The lowest BCUT2D eigenvalue weighted by molar-refractivity contribution is 0.560. The molecule has 0 aromatic carbocycles. The van der Waals surface area contributed by atoms with Gasteiger partial charge in [-0.3, -0.25) is 9.48 Å². The van der Waals surface area contributed by atoms with Gasteiger partial charge in [0.1, 0.15) is 5.82 Å². The van der Waals surface area contributed by atoms with Gasteiger partial charge in [0.05, 0.1) is 11.3 Å². The van der Waals surface area contributed by atoms with E-state index >= 15 is 0 Å². The summed E-state index contributed by atoms with van der Waals surface area (Å²) in [7, 11) is 1.90. The van der Waals surface area contributed by atoms with E-state index in [4.69, 9.17) is 0 Å². The third-order valence-corrected chi connectivity index (χ3v) is 3.30. The highest BCUT2D eigenvalue weighted by Crippen LogP contribution is 2.10. The summed E-state index contributed by atoms with van der Waals surface area (Å²) in [6.45, 7) is 6.41. The minimum Gasteiger partial charge on any atom is -0.310 e. The third-order valence-electron chi connectivity index (χ3n) is 3.30. The molecule has 0 saturated carbocycles. The van der Waals surface area contributed by atoms with Crippen LogP contribution in [-0.4, -0.2) is 26.3 Å². The largest absolute Gasteiger partial charge is 0.310 e. The minimum atomic E-state index is -0.0622. The molecule has 0 aliphatic carbocycles. The van der Waals surface area contributed by atoms with E-state index in [0.29, 0.717) is 11.4 Å². The van der Waals surface area contributed by atoms with Gasteiger partial charge in [0.2, 0.25) is 0 Å². The highest BCUT2D eigenvalue weighted by atomic mass is 16.1. The third kappa shape index (κ3) is 3.33. The van der Waals surface area contributed by atoms with Crippen molar-refractivity contribution in [3.05, 3.63) is 45.4 Å². The van der Waals surface area contributed by atoms with E-state index in [9.17, 15) is 4.79 Å². The number of hydrogen-bond acceptors (Lipinski definition) is 4. The predicted molar refractivity (Wildman–Crippen MR) is 77.7 cm³/mol. The van der Waals surface area contributed by atoms with E-state index in [1.807, 2.05) is 33.2 Å². The van der Waals surface area contributed by atoms with Gasteiger partial charge in [0.25, 0.3) is 5.56 Å². The van der Waals surface area contributed by atoms with E-state index in [1.165, 1.54) is 0 Å². The van der Waals surface area contributed by atoms with E-state index in [-0.39, 0.29) is 11.6 Å². The fraction of sp³-hybridized carbons (Fsp3) is 0.500. The predicted octanol–water partition coefficient (Wildman–Crippen LogP) is 1.01. The van der Waals surface area contributed by atoms with Gasteiger partial charge in [0, 0.05) is 37.9 Å². The number of aryl methyl sites for hydroxylation is 3. The second-order valence-corrected chi connectivity index (χ2v) is 5.06. The Hall–Kier alpha value is -1.95. The van der Waals surface area contributed by atoms with E-state index in [0.717, 1.165) is 24.4 Å². The van der Waals surface area contributed by atoms with E-state index in [1.54, 1.807) is 11.6 Å². The van der Waals surface area contributed by atoms with Crippen molar-refractivity contribution in [2.45, 2.75) is 33.2 Å². The Morgan fingerprint density at radius 3 is 2.80 bits per heavy atom. The van der Waals surface area contributed by atoms with Crippen LogP contribution in [0.5, 0.6) is 0 Å². The van der Waals surface area contributed by atoms with Crippen molar-refractivity contribution in [1.82, 2.24) is 25.1 Å². The molecule has 0 spiro atoms. The monoisotopic (exact) mass is 275 g/mol. The smallest absolute Gasteiger partial charge is 0.255 e. The molecule has 0 aliphatic heterocycles. The highest BCUT2D eigenvalue weighted by Gasteiger charge is 2.14. The Labute approximate surface area is 118 Å². The molecular weight excluding hydrogens is 254 g/mol. The first-order valence-electron chi connectivity index (χ1n) is 6.76. The summed E-state index contributed by atoms with van der Waals surface area (Å²) in [6, 6.07) is 1.97. The highest BCUT2D eigenvalue weighted by molar-refractivity contribution is 5.20. The first-order valence-corrected chi connectivity index (χ1v) is 6.76. The Kier molecular flexibility index (Phi) is 4.34. The zero-order valence-electron chi connectivity index (χ0n) is 12.4. The van der Waals surface area contributed by atoms with E-state index < -0.39 is 0 Å². The Morgan fingerprint density at radius 1 is 1.45 bits per heavy atom. The molecule has 6 nitrogen and oxygen atoms in total. The molecule has 20 heavy (non-hydrogen) atoms. The molecule has 6 heteroatoms. The van der Waals surface area contributed by atoms with Gasteiger partial charge in [-0.05, 0) is 26.8 Å². The second kappa shape index (κ2) is 6.00. The molecule has 0 fully saturated rings. The molecule has 0 radical (unpaired) electrons. The maximum atomic E-state index is 12.0. The van der Waals surface area contributed by atoms with Gasteiger partial charge in [-0.15, -0.1) is 0 Å². The lowest BCUT2D eigenvalue weighted by Crippen LogP contribution is -2.29. The van der Waals surface area contributed by atoms with Crippen molar-refractivity contribution in [1.29, 1.82) is 0 Å². The van der Waals surface area contributed by atoms with Crippen molar-refractivity contribution in [3.8, 4) is 0 Å². The lowest BCUT2D eigenvalue weighted by atomic mass is 10.1. The number of rotatable bonds is 5. The molecule has 1 unspecified atom stereocenters. The number of aromatic nitrogens is 4. The summed E-state index contributed by atoms with van der Waals surface area (Å²) in [6.07, 6.45) is 2.76. The number of nitrogens with zero attached hydrogens (tertiary/aromatic N) is 3. The molecular formula is C14H21N5O. The maximum absolute atomic E-state index is 12.0. The summed E-state index contributed by atoms with van der Waals surface area (Å²) in [5.41, 5.74) is 2.47. The number of H-pyrrole nitrogens is 1. The molecule has 2 heterocycles. The van der Waals surface area contributed by atoms with Gasteiger partial charge in [-0.1, -0.05) is 0 Å². The summed E-state index contributed by atoms with van der Waals surface area (Å²) < 4.78 is 1.79. The van der Waals surface area contributed by atoms with Crippen LogP contribution in [0.4, 0.5) is 0 Å². The first kappa shape index (κ1) is 14.5. The zero-order chi connectivity index (χ0) is 14.7. The molecule has 0 aliphatic rings. The average Bonchev–Trinajstić information content (AvgIpc) is 2.73. The van der Waals surface area contributed by atoms with Crippen LogP contribution in [0.2, 0.25) is 0 Å². The van der Waals surface area contributed by atoms with Crippen molar-refractivity contribution in [2.75, 3.05) is 6.54 Å². The number of nitrogens with one attached hydrogen (secondary N) is 2. The van der Waals surface area contributed by atoms with Crippen molar-refractivity contribution in [3.63, 3.8) is 0 Å². The molecule has 2 N–H and O–H groups in total. The molecule has 0 saturated heterocycles. The second-order valence-electron chi connectivity index (χ2n) is 5.06. The Balaban J connectivity index is 1.98. The Bertz CT molecular complexity index is 643. The van der Waals surface area contributed by atoms with Crippen LogP contribution >= 0.6 is 0 Å². The van der Waals surface area contributed by atoms with Crippen LogP contribution in [0.1, 0.15) is 35.7 Å². The standard InChI is InChI=1S/C14H21N5O/c1-9(13-10(2)16-11(3)17-14(13)20)15-7-5-12-6-8-19(4)18-12/h6,8-9,15H,5,7H2,1-4H3,(H,16,17,20). The van der Waals surface area contributed by atoms with Crippen LogP contribution in [0.3, 0.4) is 0 Å². The minimum absolute atomic E-state index is 0.0319. The zero-order valence-corrected chi connectivity index (χ0v) is 12.4. The van der Waals surface area contributed by atoms with Crippen molar-refractivity contribution >= 4 is 0 Å². The topological polar surface area (TPSA) is 75.6 Å². The number of hydrogen-bond donors (Lipinski definition) is 2. The first-order chi connectivity index (χ1) is 9.47. The van der Waals surface area contributed by atoms with Gasteiger partial charge >= 0.3 is 0 Å². The SMILES string of the molecule is Cc1nc(C)c(C(C)NCCc2ccn(C)n2)c(=O)[nH]1.